The zero-order chi connectivity index (χ0) is 26.4. The molecule has 0 unspecified atom stereocenters. The minimum Gasteiger partial charge on any atom is -0.460 e. The van der Waals surface area contributed by atoms with Crippen LogP contribution in [0.3, 0.4) is 0 Å². The molecule has 8 heteroatoms. The smallest absolute Gasteiger partial charge is 0.344 e. The fourth-order valence-corrected chi connectivity index (χ4v) is 8.58. The third-order valence-electron chi connectivity index (χ3n) is 8.60. The Morgan fingerprint density at radius 3 is 1.44 bits per heavy atom. The topological polar surface area (TPSA) is 77.3 Å². The molecule has 0 spiro atoms. The second-order valence-corrected chi connectivity index (χ2v) is 15.3. The summed E-state index contributed by atoms with van der Waals surface area (Å²) < 4.78 is 12.2. The van der Waals surface area contributed by atoms with Gasteiger partial charge in [0.25, 0.3) is 0 Å². The summed E-state index contributed by atoms with van der Waals surface area (Å²) in [6.07, 6.45) is 6.23. The van der Waals surface area contributed by atoms with Crippen LogP contribution >= 0.6 is 23.5 Å². The van der Waals surface area contributed by atoms with E-state index in [1.54, 1.807) is 13.8 Å². The molecule has 0 radical (unpaired) electrons. The van der Waals surface area contributed by atoms with E-state index in [9.17, 15) is 9.59 Å². The van der Waals surface area contributed by atoms with Crippen LogP contribution in [0.5, 0.6) is 0 Å². The zero-order valence-electron chi connectivity index (χ0n) is 23.2. The summed E-state index contributed by atoms with van der Waals surface area (Å²) in [7, 11) is 0. The average molecular weight is 537 g/mol. The van der Waals surface area contributed by atoms with E-state index in [-0.39, 0.29) is 24.1 Å². The number of hydrogen-bond acceptors (Lipinski definition) is 8. The van der Waals surface area contributed by atoms with Crippen molar-refractivity contribution in [1.29, 1.82) is 0 Å². The van der Waals surface area contributed by atoms with Gasteiger partial charge in [0.05, 0.1) is 0 Å². The van der Waals surface area contributed by atoms with Crippen LogP contribution in [0.25, 0.3) is 0 Å². The molecule has 202 valence electrons. The van der Waals surface area contributed by atoms with Crippen molar-refractivity contribution in [3.05, 3.63) is 0 Å². The molecular formula is C28H44N2O4S2. The van der Waals surface area contributed by atoms with E-state index in [0.29, 0.717) is 45.6 Å². The van der Waals surface area contributed by atoms with Gasteiger partial charge in [0.15, 0.2) is 0 Å². The summed E-state index contributed by atoms with van der Waals surface area (Å²) in [6.45, 7) is 16.9. The predicted molar refractivity (Wildman–Crippen MR) is 149 cm³/mol. The van der Waals surface area contributed by atoms with Crippen LogP contribution in [0.15, 0.2) is 9.98 Å². The first kappa shape index (κ1) is 28.0. The van der Waals surface area contributed by atoms with Gasteiger partial charge in [-0.3, -0.25) is 0 Å². The maximum Gasteiger partial charge on any atom is 0.344 e. The van der Waals surface area contributed by atoms with Gasteiger partial charge in [0.2, 0.25) is 9.74 Å². The Kier molecular flexibility index (Phi) is 8.26. The molecule has 0 aromatic heterocycles. The Hall–Kier alpha value is -1.02. The van der Waals surface area contributed by atoms with E-state index in [1.807, 2.05) is 0 Å². The molecule has 8 atom stereocenters. The Morgan fingerprint density at radius 2 is 1.11 bits per heavy atom. The van der Waals surface area contributed by atoms with Crippen molar-refractivity contribution < 1.29 is 19.1 Å². The number of rotatable bonds is 6. The zero-order valence-corrected chi connectivity index (χ0v) is 24.8. The first-order chi connectivity index (χ1) is 16.8. The highest BCUT2D eigenvalue weighted by molar-refractivity contribution is 8.28. The van der Waals surface area contributed by atoms with Crippen molar-refractivity contribution >= 4 is 45.5 Å². The van der Waals surface area contributed by atoms with Crippen molar-refractivity contribution in [3.63, 3.8) is 0 Å². The monoisotopic (exact) mass is 536 g/mol. The molecular weight excluding hydrogens is 492 g/mol. The maximum atomic E-state index is 13.3. The standard InChI is InChI=1S/C28H44N2O4S2/c1-15(2)19-11-9-17(5)13-21(19)33-25(31)27(7)29-23-24(35-27)30-28(8,36-23)26(32)34-22-14-18(6)10-12-20(22)16(3)4/h15-22H,9-14H2,1-8H3/t17-,18-,19+,20+,21-,22-,27-,28+/m1/s1. The third-order valence-corrected chi connectivity index (χ3v) is 11.0. The van der Waals surface area contributed by atoms with Crippen molar-refractivity contribution in [3.8, 4) is 0 Å². The van der Waals surface area contributed by atoms with Crippen LogP contribution in [0.1, 0.15) is 93.9 Å². The lowest BCUT2D eigenvalue weighted by Crippen LogP contribution is -2.41. The predicted octanol–water partition coefficient (Wildman–Crippen LogP) is 6.72. The Labute approximate surface area is 225 Å². The number of carbonyl (C=O) groups excluding carboxylic acids is 2. The van der Waals surface area contributed by atoms with Crippen LogP contribution in [0.2, 0.25) is 0 Å². The van der Waals surface area contributed by atoms with Gasteiger partial charge < -0.3 is 9.47 Å². The average Bonchev–Trinajstić information content (AvgIpc) is 3.25. The Bertz CT molecular complexity index is 861. The lowest BCUT2D eigenvalue weighted by Gasteiger charge is -2.38. The summed E-state index contributed by atoms with van der Waals surface area (Å²) in [5, 5.41) is 1.29. The molecule has 6 nitrogen and oxygen atoms in total. The molecule has 2 aliphatic carbocycles. The summed E-state index contributed by atoms with van der Waals surface area (Å²) in [5.74, 6) is 2.22. The van der Waals surface area contributed by atoms with E-state index < -0.39 is 9.74 Å². The van der Waals surface area contributed by atoms with E-state index in [1.165, 1.54) is 36.4 Å². The lowest BCUT2D eigenvalue weighted by atomic mass is 9.75. The fraction of sp³-hybridized carbons (Fsp3) is 0.857. The fourth-order valence-electron chi connectivity index (χ4n) is 6.21. The lowest BCUT2D eigenvalue weighted by molar-refractivity contribution is -0.159. The molecule has 4 rings (SSSR count). The Morgan fingerprint density at radius 1 is 0.750 bits per heavy atom. The number of hydrogen-bond donors (Lipinski definition) is 0. The molecule has 0 amide bonds. The van der Waals surface area contributed by atoms with Gasteiger partial charge >= 0.3 is 11.9 Å². The highest BCUT2D eigenvalue weighted by Crippen LogP contribution is 2.49. The molecule has 0 N–H and O–H groups in total. The number of aliphatic imine (C=N–C) groups is 2. The van der Waals surface area contributed by atoms with Crippen LogP contribution in [0.4, 0.5) is 0 Å². The van der Waals surface area contributed by atoms with Crippen LogP contribution in [0, 0.1) is 35.5 Å². The van der Waals surface area contributed by atoms with Crippen molar-refractivity contribution in [2.24, 2.45) is 45.5 Å². The first-order valence-corrected chi connectivity index (χ1v) is 15.4. The van der Waals surface area contributed by atoms with E-state index in [2.05, 4.69) is 41.5 Å². The van der Waals surface area contributed by atoms with Crippen molar-refractivity contribution in [2.75, 3.05) is 0 Å². The molecule has 4 aliphatic rings. The van der Waals surface area contributed by atoms with Crippen LogP contribution in [-0.4, -0.2) is 44.0 Å². The number of fused-ring (bicyclic) bond motifs is 1. The summed E-state index contributed by atoms with van der Waals surface area (Å²) in [4.78, 5) is 34.0. The number of carbonyl (C=O) groups is 2. The normalized spacial score (nSPS) is 40.6. The molecule has 0 aromatic rings. The van der Waals surface area contributed by atoms with E-state index in [4.69, 9.17) is 19.5 Å². The van der Waals surface area contributed by atoms with Gasteiger partial charge in [-0.2, -0.15) is 0 Å². The van der Waals surface area contributed by atoms with E-state index in [0.717, 1.165) is 25.7 Å². The second-order valence-electron chi connectivity index (χ2n) is 12.5. The number of ether oxygens (including phenoxy) is 2. The van der Waals surface area contributed by atoms with Crippen molar-refractivity contribution in [1.82, 2.24) is 0 Å². The molecule has 0 aromatic carbocycles. The first-order valence-electron chi connectivity index (χ1n) is 13.8. The van der Waals surface area contributed by atoms with Gasteiger partial charge in [-0.25, -0.2) is 19.6 Å². The number of thioether (sulfide) groups is 2. The summed E-state index contributed by atoms with van der Waals surface area (Å²) >= 11 is 2.61. The molecule has 2 heterocycles. The highest BCUT2D eigenvalue weighted by Gasteiger charge is 2.53. The molecule has 2 fully saturated rings. The molecule has 36 heavy (non-hydrogen) atoms. The molecule has 2 saturated carbocycles. The van der Waals surface area contributed by atoms with E-state index >= 15 is 0 Å². The van der Waals surface area contributed by atoms with Gasteiger partial charge in [0.1, 0.15) is 22.3 Å². The maximum absolute atomic E-state index is 13.3. The van der Waals surface area contributed by atoms with Gasteiger partial charge in [0, 0.05) is 0 Å². The quantitative estimate of drug-likeness (QED) is 0.351. The summed E-state index contributed by atoms with van der Waals surface area (Å²) in [5.41, 5.74) is 0. The highest BCUT2D eigenvalue weighted by atomic mass is 32.2. The van der Waals surface area contributed by atoms with Gasteiger partial charge in [-0.15, -0.1) is 0 Å². The number of esters is 2. The third kappa shape index (κ3) is 5.69. The van der Waals surface area contributed by atoms with Crippen LogP contribution < -0.4 is 0 Å². The number of nitrogens with zero attached hydrogens (tertiary/aromatic N) is 2. The van der Waals surface area contributed by atoms with Crippen molar-refractivity contribution in [2.45, 2.75) is 116 Å². The SMILES string of the molecule is CC(C)[C@@H]1CC[C@@H](C)C[C@H]1OC(=O)[C@@]1(C)N=C2S[C@](C)(C(=O)O[C@@H]3C[C@H](C)CC[C@H]3C(C)C)N=C2S1. The van der Waals surface area contributed by atoms with Crippen LogP contribution in [-0.2, 0) is 19.1 Å². The molecule has 0 saturated heterocycles. The molecule has 2 aliphatic heterocycles. The Balaban J connectivity index is 1.41. The van der Waals surface area contributed by atoms with Gasteiger partial charge in [-0.05, 0) is 75.0 Å². The van der Waals surface area contributed by atoms with Gasteiger partial charge in [-0.1, -0.05) is 77.9 Å². The largest absolute Gasteiger partial charge is 0.460 e. The second kappa shape index (κ2) is 10.6. The summed E-state index contributed by atoms with van der Waals surface area (Å²) in [6, 6.07) is 0. The molecule has 0 bridgehead atoms. The minimum atomic E-state index is -1.06. The minimum absolute atomic E-state index is 0.0686.